The number of methoxy groups -OCH3 is 1. The highest BCUT2D eigenvalue weighted by Gasteiger charge is 2.35. The minimum atomic E-state index is -0.121. The van der Waals surface area contributed by atoms with Crippen LogP contribution in [0.1, 0.15) is 40.5 Å². The number of hydrogen-bond acceptors (Lipinski definition) is 5. The highest BCUT2D eigenvalue weighted by Crippen LogP contribution is 2.48. The van der Waals surface area contributed by atoms with Crippen LogP contribution in [0.4, 0.5) is 0 Å². The summed E-state index contributed by atoms with van der Waals surface area (Å²) in [5.74, 6) is 0.615. The first-order valence-corrected chi connectivity index (χ1v) is 8.52. The number of fused-ring (bicyclic) bond motifs is 1. The van der Waals surface area contributed by atoms with E-state index in [1.54, 1.807) is 18.2 Å². The van der Waals surface area contributed by atoms with Gasteiger partial charge >= 0.3 is 0 Å². The van der Waals surface area contributed by atoms with Crippen molar-refractivity contribution in [3.05, 3.63) is 52.6 Å². The molecule has 0 amide bonds. The predicted molar refractivity (Wildman–Crippen MR) is 94.4 cm³/mol. The van der Waals surface area contributed by atoms with E-state index in [-0.39, 0.29) is 36.5 Å². The Balaban J connectivity index is 1.97. The van der Waals surface area contributed by atoms with Crippen LogP contribution >= 0.6 is 0 Å². The zero-order valence-corrected chi connectivity index (χ0v) is 14.3. The number of aromatic hydroxyl groups is 2. The molecule has 0 saturated carbocycles. The first kappa shape index (κ1) is 17.6. The molecule has 1 aliphatic rings. The topological polar surface area (TPSA) is 90.2 Å². The first-order chi connectivity index (χ1) is 12.1. The lowest BCUT2D eigenvalue weighted by molar-refractivity contribution is 0.254. The Morgan fingerprint density at radius 3 is 2.56 bits per heavy atom. The van der Waals surface area contributed by atoms with E-state index < -0.39 is 0 Å². The summed E-state index contributed by atoms with van der Waals surface area (Å²) in [7, 11) is 1.50. The van der Waals surface area contributed by atoms with Gasteiger partial charge in [-0.3, -0.25) is 0 Å². The molecule has 0 bridgehead atoms. The van der Waals surface area contributed by atoms with Crippen LogP contribution in [0.15, 0.2) is 30.3 Å². The van der Waals surface area contributed by atoms with Gasteiger partial charge in [0.1, 0.15) is 5.75 Å². The van der Waals surface area contributed by atoms with Gasteiger partial charge in [0.2, 0.25) is 0 Å². The Morgan fingerprint density at radius 1 is 1.08 bits per heavy atom. The summed E-state index contributed by atoms with van der Waals surface area (Å²) < 4.78 is 5.19. The minimum absolute atomic E-state index is 0.00786. The number of aryl methyl sites for hydroxylation is 1. The highest BCUT2D eigenvalue weighted by molar-refractivity contribution is 5.53. The van der Waals surface area contributed by atoms with Crippen LogP contribution in [0.2, 0.25) is 0 Å². The summed E-state index contributed by atoms with van der Waals surface area (Å²) in [5, 5.41) is 39.2. The second-order valence-electron chi connectivity index (χ2n) is 6.54. The van der Waals surface area contributed by atoms with Crippen molar-refractivity contribution >= 4 is 0 Å². The van der Waals surface area contributed by atoms with Crippen LogP contribution in [0.5, 0.6) is 17.2 Å². The molecule has 4 N–H and O–H groups in total. The van der Waals surface area contributed by atoms with Gasteiger partial charge in [0.15, 0.2) is 11.5 Å². The standard InChI is InChI=1S/C20H24O5/c1-25-20-9-13(4-5-18(20)23)14-10-16-15(17(14)11-22)7-12(3-2-6-21)8-19(16)24/h4-5,7-9,14,17,21-24H,2-3,6,10-11H2,1H3/t14-,17+/m0/s1. The van der Waals surface area contributed by atoms with Crippen LogP contribution in [-0.4, -0.2) is 40.7 Å². The number of aliphatic hydroxyl groups is 2. The molecule has 5 nitrogen and oxygen atoms in total. The molecule has 2 aromatic carbocycles. The van der Waals surface area contributed by atoms with Crippen molar-refractivity contribution in [3.63, 3.8) is 0 Å². The quantitative estimate of drug-likeness (QED) is 0.646. The van der Waals surface area contributed by atoms with E-state index in [1.807, 2.05) is 12.1 Å². The molecular weight excluding hydrogens is 320 g/mol. The van der Waals surface area contributed by atoms with E-state index in [9.17, 15) is 15.3 Å². The molecule has 0 aliphatic heterocycles. The third-order valence-electron chi connectivity index (χ3n) is 5.08. The van der Waals surface area contributed by atoms with Crippen LogP contribution in [0, 0.1) is 0 Å². The maximum atomic E-state index is 10.4. The van der Waals surface area contributed by atoms with Gasteiger partial charge in [-0.15, -0.1) is 0 Å². The fourth-order valence-corrected chi connectivity index (χ4v) is 3.80. The molecule has 0 aromatic heterocycles. The molecule has 134 valence electrons. The van der Waals surface area contributed by atoms with Gasteiger partial charge in [-0.2, -0.15) is 0 Å². The number of ether oxygens (including phenoxy) is 1. The Morgan fingerprint density at radius 2 is 1.88 bits per heavy atom. The van der Waals surface area contributed by atoms with Gasteiger partial charge in [0, 0.05) is 12.5 Å². The molecule has 2 aromatic rings. The molecule has 25 heavy (non-hydrogen) atoms. The number of rotatable bonds is 6. The summed E-state index contributed by atoms with van der Waals surface area (Å²) in [5.41, 5.74) is 3.75. The van der Waals surface area contributed by atoms with E-state index in [2.05, 4.69) is 0 Å². The Kier molecular flexibility index (Phi) is 5.16. The van der Waals surface area contributed by atoms with Gasteiger partial charge in [-0.25, -0.2) is 0 Å². The first-order valence-electron chi connectivity index (χ1n) is 8.52. The van der Waals surface area contributed by atoms with E-state index >= 15 is 0 Å². The normalized spacial score (nSPS) is 19.0. The fourth-order valence-electron chi connectivity index (χ4n) is 3.80. The van der Waals surface area contributed by atoms with E-state index in [4.69, 9.17) is 9.84 Å². The summed E-state index contributed by atoms with van der Waals surface area (Å²) in [6.45, 7) is 0.0843. The average molecular weight is 344 g/mol. The van der Waals surface area contributed by atoms with Crippen LogP contribution in [0.3, 0.4) is 0 Å². The lowest BCUT2D eigenvalue weighted by Crippen LogP contribution is -2.10. The monoisotopic (exact) mass is 344 g/mol. The third-order valence-corrected chi connectivity index (χ3v) is 5.08. The number of phenolic OH excluding ortho intramolecular Hbond substituents is 2. The van der Waals surface area contributed by atoms with Crippen molar-refractivity contribution in [2.75, 3.05) is 20.3 Å². The second-order valence-corrected chi connectivity index (χ2v) is 6.54. The van der Waals surface area contributed by atoms with Crippen molar-refractivity contribution in [2.45, 2.75) is 31.1 Å². The van der Waals surface area contributed by atoms with Crippen LogP contribution in [-0.2, 0) is 12.8 Å². The zero-order chi connectivity index (χ0) is 18.0. The van der Waals surface area contributed by atoms with Gasteiger partial charge in [0.05, 0.1) is 13.7 Å². The Bertz CT molecular complexity index is 756. The lowest BCUT2D eigenvalue weighted by Gasteiger charge is -2.20. The average Bonchev–Trinajstić information content (AvgIpc) is 2.99. The Hall–Kier alpha value is -2.24. The molecular formula is C20H24O5. The molecule has 0 unspecified atom stereocenters. The molecule has 2 atom stereocenters. The highest BCUT2D eigenvalue weighted by atomic mass is 16.5. The van der Waals surface area contributed by atoms with Gasteiger partial charge < -0.3 is 25.2 Å². The van der Waals surface area contributed by atoms with Gasteiger partial charge in [-0.05, 0) is 65.6 Å². The summed E-state index contributed by atoms with van der Waals surface area (Å²) in [4.78, 5) is 0. The lowest BCUT2D eigenvalue weighted by atomic mass is 9.86. The zero-order valence-electron chi connectivity index (χ0n) is 14.3. The van der Waals surface area contributed by atoms with E-state index in [0.29, 0.717) is 25.0 Å². The number of benzene rings is 2. The second kappa shape index (κ2) is 7.33. The Labute approximate surface area is 147 Å². The van der Waals surface area contributed by atoms with Gasteiger partial charge in [0.25, 0.3) is 0 Å². The maximum absolute atomic E-state index is 10.4. The number of hydrogen-bond donors (Lipinski definition) is 4. The number of aliphatic hydroxyl groups excluding tert-OH is 2. The summed E-state index contributed by atoms with van der Waals surface area (Å²) >= 11 is 0. The summed E-state index contributed by atoms with van der Waals surface area (Å²) in [6, 6.07) is 9.00. The molecule has 5 heteroatoms. The van der Waals surface area contributed by atoms with Crippen molar-refractivity contribution < 1.29 is 25.2 Å². The molecule has 3 rings (SSSR count). The van der Waals surface area contributed by atoms with E-state index in [1.165, 1.54) is 7.11 Å². The smallest absolute Gasteiger partial charge is 0.160 e. The predicted octanol–water partition coefficient (Wildman–Crippen LogP) is 2.45. The van der Waals surface area contributed by atoms with Crippen LogP contribution in [0.25, 0.3) is 0 Å². The van der Waals surface area contributed by atoms with E-state index in [0.717, 1.165) is 22.3 Å². The van der Waals surface area contributed by atoms with Crippen molar-refractivity contribution in [3.8, 4) is 17.2 Å². The molecule has 0 heterocycles. The van der Waals surface area contributed by atoms with Crippen LogP contribution < -0.4 is 4.74 Å². The van der Waals surface area contributed by atoms with Crippen molar-refractivity contribution in [1.82, 2.24) is 0 Å². The molecule has 0 fully saturated rings. The molecule has 0 spiro atoms. The third kappa shape index (κ3) is 3.30. The SMILES string of the molecule is COc1cc([C@@H]2Cc3c(O)cc(CCCO)cc3[C@@H]2CO)ccc1O. The summed E-state index contributed by atoms with van der Waals surface area (Å²) in [6.07, 6.45) is 1.95. The molecule has 0 radical (unpaired) electrons. The largest absolute Gasteiger partial charge is 0.508 e. The molecule has 1 aliphatic carbocycles. The maximum Gasteiger partial charge on any atom is 0.160 e. The fraction of sp³-hybridized carbons (Fsp3) is 0.400. The molecule has 0 saturated heterocycles. The van der Waals surface area contributed by atoms with Gasteiger partial charge in [-0.1, -0.05) is 12.1 Å². The number of phenols is 2. The van der Waals surface area contributed by atoms with Crippen molar-refractivity contribution in [2.24, 2.45) is 0 Å². The van der Waals surface area contributed by atoms with Crippen molar-refractivity contribution in [1.29, 1.82) is 0 Å². The minimum Gasteiger partial charge on any atom is -0.508 e.